The highest BCUT2D eigenvalue weighted by Gasteiger charge is 2.22. The maximum absolute atomic E-state index is 12.1. The number of anilines is 1. The zero-order chi connectivity index (χ0) is 17.8. The molecule has 4 rings (SSSR count). The Morgan fingerprint density at radius 3 is 2.35 bits per heavy atom. The van der Waals surface area contributed by atoms with Gasteiger partial charge in [0.2, 0.25) is 0 Å². The van der Waals surface area contributed by atoms with Gasteiger partial charge < -0.3 is 15.4 Å². The molecule has 0 saturated carbocycles. The summed E-state index contributed by atoms with van der Waals surface area (Å²) in [6.07, 6.45) is 0.806. The molecular formula is C22H20N2O2. The molecule has 26 heavy (non-hydrogen) atoms. The molecule has 4 nitrogen and oxygen atoms in total. The van der Waals surface area contributed by atoms with Crippen LogP contribution in [0.25, 0.3) is 11.1 Å². The van der Waals surface area contributed by atoms with Gasteiger partial charge in [-0.15, -0.1) is 0 Å². The van der Waals surface area contributed by atoms with Crippen LogP contribution in [0.5, 0.6) is 5.75 Å². The molecule has 1 atom stereocenters. The topological polar surface area (TPSA) is 50.4 Å². The van der Waals surface area contributed by atoms with E-state index in [1.54, 1.807) is 0 Å². The van der Waals surface area contributed by atoms with Gasteiger partial charge in [0.25, 0.3) is 0 Å². The van der Waals surface area contributed by atoms with Crippen molar-refractivity contribution in [3.8, 4) is 16.9 Å². The number of rotatable bonds is 4. The fourth-order valence-electron chi connectivity index (χ4n) is 3.13. The molecular weight excluding hydrogens is 324 g/mol. The summed E-state index contributed by atoms with van der Waals surface area (Å²) in [7, 11) is 0. The van der Waals surface area contributed by atoms with E-state index < -0.39 is 0 Å². The third-order valence-electron chi connectivity index (χ3n) is 4.45. The van der Waals surface area contributed by atoms with E-state index in [0.717, 1.165) is 29.0 Å². The van der Waals surface area contributed by atoms with Crippen molar-refractivity contribution < 1.29 is 9.53 Å². The molecule has 0 aliphatic carbocycles. The number of fused-ring (bicyclic) bond motifs is 1. The van der Waals surface area contributed by atoms with Crippen molar-refractivity contribution in [3.63, 3.8) is 0 Å². The van der Waals surface area contributed by atoms with E-state index >= 15 is 0 Å². The van der Waals surface area contributed by atoms with Crippen LogP contribution in [0.15, 0.2) is 78.9 Å². The van der Waals surface area contributed by atoms with Crippen molar-refractivity contribution >= 4 is 11.7 Å². The first-order chi connectivity index (χ1) is 12.8. The molecule has 0 spiro atoms. The number of ether oxygens (including phenoxy) is 1. The highest BCUT2D eigenvalue weighted by molar-refractivity contribution is 5.89. The van der Waals surface area contributed by atoms with Gasteiger partial charge in [-0.05, 0) is 34.9 Å². The normalized spacial score (nSPS) is 15.0. The monoisotopic (exact) mass is 344 g/mol. The molecule has 4 heteroatoms. The minimum Gasteiger partial charge on any atom is -0.488 e. The predicted molar refractivity (Wildman–Crippen MR) is 103 cm³/mol. The molecule has 130 valence electrons. The average Bonchev–Trinajstić information content (AvgIpc) is 3.11. The van der Waals surface area contributed by atoms with Gasteiger partial charge in [-0.25, -0.2) is 4.79 Å². The van der Waals surface area contributed by atoms with E-state index in [4.69, 9.17) is 4.74 Å². The zero-order valence-corrected chi connectivity index (χ0v) is 14.3. The maximum atomic E-state index is 12.1. The van der Waals surface area contributed by atoms with Crippen molar-refractivity contribution in [2.24, 2.45) is 0 Å². The quantitative estimate of drug-likeness (QED) is 0.733. The summed E-state index contributed by atoms with van der Waals surface area (Å²) in [5.41, 5.74) is 4.23. The first-order valence-corrected chi connectivity index (χ1v) is 8.73. The van der Waals surface area contributed by atoms with E-state index in [2.05, 4.69) is 28.8 Å². The van der Waals surface area contributed by atoms with E-state index in [1.165, 1.54) is 5.56 Å². The summed E-state index contributed by atoms with van der Waals surface area (Å²) in [6.45, 7) is 0.475. The van der Waals surface area contributed by atoms with Crippen LogP contribution in [-0.2, 0) is 6.42 Å². The van der Waals surface area contributed by atoms with Crippen molar-refractivity contribution in [1.29, 1.82) is 0 Å². The Hall–Kier alpha value is -3.27. The lowest BCUT2D eigenvalue weighted by atomic mass is 10.1. The van der Waals surface area contributed by atoms with Gasteiger partial charge in [0.1, 0.15) is 11.9 Å². The number of amides is 2. The standard InChI is InChI=1S/C22H20N2O2/c25-22(23-15-20-14-18-8-4-5-9-21(18)26-20)24-19-12-10-17(11-13-19)16-6-2-1-3-7-16/h1-13,20H,14-15H2,(H2,23,24,25). The molecule has 0 fully saturated rings. The van der Waals surface area contributed by atoms with Crippen molar-refractivity contribution in [2.75, 3.05) is 11.9 Å². The largest absolute Gasteiger partial charge is 0.488 e. The molecule has 0 aromatic heterocycles. The number of hydrogen-bond donors (Lipinski definition) is 2. The number of carbonyl (C=O) groups excluding carboxylic acids is 1. The van der Waals surface area contributed by atoms with Crippen molar-refractivity contribution in [2.45, 2.75) is 12.5 Å². The highest BCUT2D eigenvalue weighted by atomic mass is 16.5. The van der Waals surface area contributed by atoms with Gasteiger partial charge in [0.15, 0.2) is 0 Å². The summed E-state index contributed by atoms with van der Waals surface area (Å²) in [5, 5.41) is 5.74. The molecule has 0 bridgehead atoms. The number of carbonyl (C=O) groups is 1. The SMILES string of the molecule is O=C(NCC1Cc2ccccc2O1)Nc1ccc(-c2ccccc2)cc1. The smallest absolute Gasteiger partial charge is 0.319 e. The van der Waals surface area contributed by atoms with Gasteiger partial charge in [-0.2, -0.15) is 0 Å². The van der Waals surface area contributed by atoms with Crippen LogP contribution < -0.4 is 15.4 Å². The Kier molecular flexibility index (Phi) is 4.56. The number of nitrogens with one attached hydrogen (secondary N) is 2. The Morgan fingerprint density at radius 1 is 0.885 bits per heavy atom. The maximum Gasteiger partial charge on any atom is 0.319 e. The number of benzene rings is 3. The number of hydrogen-bond acceptors (Lipinski definition) is 2. The Labute approximate surface area is 152 Å². The van der Waals surface area contributed by atoms with Crippen molar-refractivity contribution in [3.05, 3.63) is 84.4 Å². The van der Waals surface area contributed by atoms with Gasteiger partial charge in [0.05, 0.1) is 6.54 Å². The summed E-state index contributed by atoms with van der Waals surface area (Å²) in [6, 6.07) is 25.7. The summed E-state index contributed by atoms with van der Waals surface area (Å²) in [5.74, 6) is 0.913. The highest BCUT2D eigenvalue weighted by Crippen LogP contribution is 2.27. The van der Waals surface area contributed by atoms with E-state index in [1.807, 2.05) is 60.7 Å². The third kappa shape index (κ3) is 3.70. The summed E-state index contributed by atoms with van der Waals surface area (Å²) >= 11 is 0. The second-order valence-electron chi connectivity index (χ2n) is 6.33. The number of urea groups is 1. The molecule has 0 saturated heterocycles. The molecule has 1 heterocycles. The van der Waals surface area contributed by atoms with E-state index in [9.17, 15) is 4.79 Å². The van der Waals surface area contributed by atoms with Gasteiger partial charge in [-0.3, -0.25) is 0 Å². The first-order valence-electron chi connectivity index (χ1n) is 8.73. The van der Waals surface area contributed by atoms with Crippen LogP contribution in [0, 0.1) is 0 Å². The second kappa shape index (κ2) is 7.31. The molecule has 2 amide bonds. The first kappa shape index (κ1) is 16.2. The summed E-state index contributed by atoms with van der Waals surface area (Å²) in [4.78, 5) is 12.1. The molecule has 3 aromatic rings. The van der Waals surface area contributed by atoms with E-state index in [0.29, 0.717) is 6.54 Å². The molecule has 3 aromatic carbocycles. The van der Waals surface area contributed by atoms with Crippen LogP contribution >= 0.6 is 0 Å². The molecule has 1 aliphatic heterocycles. The lowest BCUT2D eigenvalue weighted by molar-refractivity contribution is 0.219. The lowest BCUT2D eigenvalue weighted by Crippen LogP contribution is -2.37. The van der Waals surface area contributed by atoms with E-state index in [-0.39, 0.29) is 12.1 Å². The van der Waals surface area contributed by atoms with Crippen LogP contribution in [0.4, 0.5) is 10.5 Å². The lowest BCUT2D eigenvalue weighted by Gasteiger charge is -2.13. The molecule has 1 unspecified atom stereocenters. The molecule has 0 radical (unpaired) electrons. The van der Waals surface area contributed by atoms with Gasteiger partial charge in [-0.1, -0.05) is 60.7 Å². The van der Waals surface area contributed by atoms with Crippen molar-refractivity contribution in [1.82, 2.24) is 5.32 Å². The predicted octanol–water partition coefficient (Wildman–Crippen LogP) is 4.48. The average molecular weight is 344 g/mol. The van der Waals surface area contributed by atoms with Gasteiger partial charge >= 0.3 is 6.03 Å². The number of para-hydroxylation sites is 1. The van der Waals surface area contributed by atoms with Crippen LogP contribution in [0.3, 0.4) is 0 Å². The van der Waals surface area contributed by atoms with Crippen LogP contribution in [-0.4, -0.2) is 18.7 Å². The third-order valence-corrected chi connectivity index (χ3v) is 4.45. The Morgan fingerprint density at radius 2 is 1.58 bits per heavy atom. The fourth-order valence-corrected chi connectivity index (χ4v) is 3.13. The summed E-state index contributed by atoms with van der Waals surface area (Å²) < 4.78 is 5.83. The Bertz CT molecular complexity index is 867. The Balaban J connectivity index is 1.29. The fraction of sp³-hybridized carbons (Fsp3) is 0.136. The van der Waals surface area contributed by atoms with Gasteiger partial charge in [0, 0.05) is 12.1 Å². The minimum atomic E-state index is -0.225. The van der Waals surface area contributed by atoms with Crippen LogP contribution in [0.1, 0.15) is 5.56 Å². The molecule has 2 N–H and O–H groups in total. The second-order valence-corrected chi connectivity index (χ2v) is 6.33. The minimum absolute atomic E-state index is 0.0152. The van der Waals surface area contributed by atoms with Crippen LogP contribution in [0.2, 0.25) is 0 Å². The molecule has 1 aliphatic rings. The zero-order valence-electron chi connectivity index (χ0n) is 14.3.